The number of nitrogens with zero attached hydrogens (tertiary/aromatic N) is 3. The minimum atomic E-state index is -0.0212. The van der Waals surface area contributed by atoms with Gasteiger partial charge in [-0.25, -0.2) is 9.97 Å². The number of thiophene rings is 1. The Bertz CT molecular complexity index is 851. The van der Waals surface area contributed by atoms with Gasteiger partial charge in [-0.3, -0.25) is 9.36 Å². The normalized spacial score (nSPS) is 11.6. The maximum Gasteiger partial charge on any atom is 0.271 e. The molecule has 6 heteroatoms. The lowest BCUT2D eigenvalue weighted by molar-refractivity contribution is 0.186. The molecule has 5 nitrogen and oxygen atoms in total. The maximum atomic E-state index is 12.5. The Labute approximate surface area is 119 Å². The average molecular weight is 289 g/mol. The van der Waals surface area contributed by atoms with Crippen molar-refractivity contribution in [1.82, 2.24) is 14.5 Å². The van der Waals surface area contributed by atoms with Crippen molar-refractivity contribution in [3.05, 3.63) is 34.0 Å². The molecule has 0 spiro atoms. The second-order valence-corrected chi connectivity index (χ2v) is 5.78. The summed E-state index contributed by atoms with van der Waals surface area (Å²) in [5, 5.41) is 0.992. The number of aromatic nitrogens is 3. The van der Waals surface area contributed by atoms with E-state index in [0.29, 0.717) is 17.9 Å². The van der Waals surface area contributed by atoms with Crippen molar-refractivity contribution < 1.29 is 4.74 Å². The molecule has 0 aliphatic carbocycles. The van der Waals surface area contributed by atoms with Gasteiger partial charge in [0.2, 0.25) is 0 Å². The highest BCUT2D eigenvalue weighted by molar-refractivity contribution is 7.25. The molecule has 0 saturated carbocycles. The topological polar surface area (TPSA) is 57.0 Å². The molecule has 0 fully saturated rings. The van der Waals surface area contributed by atoms with Gasteiger partial charge in [0.25, 0.3) is 5.56 Å². The number of rotatable bonds is 3. The molecule has 104 valence electrons. The van der Waals surface area contributed by atoms with Crippen molar-refractivity contribution in [2.45, 2.75) is 20.4 Å². The third kappa shape index (κ3) is 2.01. The highest BCUT2D eigenvalue weighted by Crippen LogP contribution is 2.31. The summed E-state index contributed by atoms with van der Waals surface area (Å²) in [5.74, 6) is 0. The standard InChI is InChI=1S/C14H15N3O2S/c1-8-6-9(2)16-13-10(8)11-12(20-13)14(18)17(7-15-11)4-5-19-3/h6-7H,4-5H2,1-3H3. The molecule has 0 aliphatic heterocycles. The van der Waals surface area contributed by atoms with Crippen LogP contribution in [0.5, 0.6) is 0 Å². The predicted molar refractivity (Wildman–Crippen MR) is 80.5 cm³/mol. The Morgan fingerprint density at radius 2 is 2.20 bits per heavy atom. The minimum absolute atomic E-state index is 0.0212. The van der Waals surface area contributed by atoms with E-state index in [4.69, 9.17) is 4.74 Å². The van der Waals surface area contributed by atoms with E-state index in [1.165, 1.54) is 11.3 Å². The van der Waals surface area contributed by atoms with Crippen LogP contribution in [0.4, 0.5) is 0 Å². The Balaban J connectivity index is 2.31. The van der Waals surface area contributed by atoms with E-state index >= 15 is 0 Å². The molecule has 0 atom stereocenters. The molecule has 0 radical (unpaired) electrons. The van der Waals surface area contributed by atoms with Crippen LogP contribution >= 0.6 is 11.3 Å². The van der Waals surface area contributed by atoms with Crippen molar-refractivity contribution >= 4 is 31.8 Å². The number of aryl methyl sites for hydroxylation is 2. The summed E-state index contributed by atoms with van der Waals surface area (Å²) < 4.78 is 7.26. The smallest absolute Gasteiger partial charge is 0.271 e. The fourth-order valence-electron chi connectivity index (χ4n) is 2.35. The van der Waals surface area contributed by atoms with E-state index in [9.17, 15) is 4.79 Å². The highest BCUT2D eigenvalue weighted by atomic mass is 32.1. The van der Waals surface area contributed by atoms with Gasteiger partial charge in [-0.15, -0.1) is 11.3 Å². The molecule has 3 heterocycles. The quantitative estimate of drug-likeness (QED) is 0.742. The van der Waals surface area contributed by atoms with Crippen LogP contribution in [-0.4, -0.2) is 28.3 Å². The van der Waals surface area contributed by atoms with Gasteiger partial charge in [0.05, 0.1) is 25.0 Å². The highest BCUT2D eigenvalue weighted by Gasteiger charge is 2.14. The van der Waals surface area contributed by atoms with Crippen LogP contribution in [0.2, 0.25) is 0 Å². The number of methoxy groups -OCH3 is 1. The Morgan fingerprint density at radius 1 is 1.40 bits per heavy atom. The lowest BCUT2D eigenvalue weighted by Crippen LogP contribution is -2.21. The lowest BCUT2D eigenvalue weighted by Gasteiger charge is -2.03. The molecule has 0 amide bonds. The average Bonchev–Trinajstić information content (AvgIpc) is 2.77. The summed E-state index contributed by atoms with van der Waals surface area (Å²) in [6.07, 6.45) is 1.59. The number of hydrogen-bond donors (Lipinski definition) is 0. The molecule has 0 saturated heterocycles. The van der Waals surface area contributed by atoms with Gasteiger partial charge in [-0.2, -0.15) is 0 Å². The zero-order chi connectivity index (χ0) is 14.3. The monoisotopic (exact) mass is 289 g/mol. The molecular formula is C14H15N3O2S. The first-order chi connectivity index (χ1) is 9.61. The summed E-state index contributed by atoms with van der Waals surface area (Å²) in [6, 6.07) is 2.02. The van der Waals surface area contributed by atoms with E-state index in [-0.39, 0.29) is 5.56 Å². The van der Waals surface area contributed by atoms with Crippen LogP contribution in [0, 0.1) is 13.8 Å². The Kier molecular flexibility index (Phi) is 3.27. The Morgan fingerprint density at radius 3 is 2.95 bits per heavy atom. The first-order valence-electron chi connectivity index (χ1n) is 6.36. The van der Waals surface area contributed by atoms with Crippen molar-refractivity contribution in [2.24, 2.45) is 0 Å². The molecule has 3 aromatic heterocycles. The fourth-order valence-corrected chi connectivity index (χ4v) is 3.55. The van der Waals surface area contributed by atoms with Crippen LogP contribution in [0.15, 0.2) is 17.2 Å². The van der Waals surface area contributed by atoms with E-state index in [2.05, 4.69) is 9.97 Å². The molecule has 0 unspecified atom stereocenters. The summed E-state index contributed by atoms with van der Waals surface area (Å²) in [4.78, 5) is 22.3. The van der Waals surface area contributed by atoms with Crippen molar-refractivity contribution in [3.63, 3.8) is 0 Å². The molecule has 3 aromatic rings. The van der Waals surface area contributed by atoms with E-state index < -0.39 is 0 Å². The van der Waals surface area contributed by atoms with Crippen molar-refractivity contribution in [1.29, 1.82) is 0 Å². The van der Waals surface area contributed by atoms with Gasteiger partial charge in [0.15, 0.2) is 0 Å². The zero-order valence-corrected chi connectivity index (χ0v) is 12.5. The van der Waals surface area contributed by atoms with Gasteiger partial charge in [-0.1, -0.05) is 0 Å². The fraction of sp³-hybridized carbons (Fsp3) is 0.357. The Hall–Kier alpha value is -1.79. The molecular weight excluding hydrogens is 274 g/mol. The number of hydrogen-bond acceptors (Lipinski definition) is 5. The van der Waals surface area contributed by atoms with Gasteiger partial charge < -0.3 is 4.74 Å². The van der Waals surface area contributed by atoms with Crippen molar-refractivity contribution in [3.8, 4) is 0 Å². The van der Waals surface area contributed by atoms with E-state index in [0.717, 1.165) is 27.0 Å². The van der Waals surface area contributed by atoms with Gasteiger partial charge in [0.1, 0.15) is 9.53 Å². The first-order valence-corrected chi connectivity index (χ1v) is 7.18. The molecule has 0 bridgehead atoms. The zero-order valence-electron chi connectivity index (χ0n) is 11.6. The maximum absolute atomic E-state index is 12.5. The molecule has 20 heavy (non-hydrogen) atoms. The van der Waals surface area contributed by atoms with Crippen LogP contribution in [0.1, 0.15) is 11.3 Å². The van der Waals surface area contributed by atoms with Crippen LogP contribution in [-0.2, 0) is 11.3 Å². The van der Waals surface area contributed by atoms with Crippen molar-refractivity contribution in [2.75, 3.05) is 13.7 Å². The summed E-state index contributed by atoms with van der Waals surface area (Å²) >= 11 is 1.42. The summed E-state index contributed by atoms with van der Waals surface area (Å²) in [7, 11) is 1.62. The second-order valence-electron chi connectivity index (χ2n) is 4.78. The SMILES string of the molecule is COCCn1cnc2c(sc3nc(C)cc(C)c32)c1=O. The summed E-state index contributed by atoms with van der Waals surface area (Å²) in [6.45, 7) is 4.99. The predicted octanol–water partition coefficient (Wildman–Crippen LogP) is 2.27. The largest absolute Gasteiger partial charge is 0.383 e. The van der Waals surface area contributed by atoms with Gasteiger partial charge >= 0.3 is 0 Å². The molecule has 0 aromatic carbocycles. The van der Waals surface area contributed by atoms with E-state index in [1.54, 1.807) is 18.0 Å². The third-order valence-corrected chi connectivity index (χ3v) is 4.34. The van der Waals surface area contributed by atoms with Gasteiger partial charge in [0, 0.05) is 18.2 Å². The molecule has 3 rings (SSSR count). The summed E-state index contributed by atoms with van der Waals surface area (Å²) in [5.41, 5.74) is 2.81. The third-order valence-electron chi connectivity index (χ3n) is 3.28. The number of ether oxygens (including phenoxy) is 1. The molecule has 0 N–H and O–H groups in total. The number of pyridine rings is 1. The van der Waals surface area contributed by atoms with Crippen LogP contribution in [0.25, 0.3) is 20.4 Å². The lowest BCUT2D eigenvalue weighted by atomic mass is 10.1. The van der Waals surface area contributed by atoms with E-state index in [1.807, 2.05) is 19.9 Å². The first kappa shape index (κ1) is 13.2. The van der Waals surface area contributed by atoms with Crippen LogP contribution < -0.4 is 5.56 Å². The molecule has 0 aliphatic rings. The minimum Gasteiger partial charge on any atom is -0.383 e. The number of fused-ring (bicyclic) bond motifs is 3. The second kappa shape index (κ2) is 4.96. The van der Waals surface area contributed by atoms with Crippen LogP contribution in [0.3, 0.4) is 0 Å². The van der Waals surface area contributed by atoms with Gasteiger partial charge in [-0.05, 0) is 25.5 Å².